The molecular weight excluding hydrogens is 290 g/mol. The summed E-state index contributed by atoms with van der Waals surface area (Å²) in [4.78, 5) is 15.5. The van der Waals surface area contributed by atoms with Crippen LogP contribution >= 0.6 is 0 Å². The molecule has 0 radical (unpaired) electrons. The van der Waals surface area contributed by atoms with Crippen molar-refractivity contribution in [2.75, 3.05) is 32.7 Å². The molecule has 0 N–H and O–H groups in total. The fourth-order valence-electron chi connectivity index (χ4n) is 3.54. The molecule has 2 aliphatic rings. The van der Waals surface area contributed by atoms with Crippen LogP contribution in [0.5, 0.6) is 0 Å². The summed E-state index contributed by atoms with van der Waals surface area (Å²) in [6.07, 6.45) is 8.41. The second kappa shape index (κ2) is 7.70. The van der Waals surface area contributed by atoms with Crippen molar-refractivity contribution in [3.05, 3.63) is 52.1 Å². The molecule has 0 bridgehead atoms. The molecule has 124 valence electrons. The summed E-state index contributed by atoms with van der Waals surface area (Å²) >= 11 is 0. The molecule has 23 heavy (non-hydrogen) atoms. The van der Waals surface area contributed by atoms with E-state index in [1.807, 2.05) is 6.07 Å². The highest BCUT2D eigenvalue weighted by atomic mass is 16.6. The Bertz CT molecular complexity index is 565. The largest absolute Gasteiger partial charge is 0.301 e. The topological polar surface area (TPSA) is 49.6 Å². The van der Waals surface area contributed by atoms with Crippen LogP contribution in [0.3, 0.4) is 0 Å². The van der Waals surface area contributed by atoms with Crippen molar-refractivity contribution in [1.29, 1.82) is 0 Å². The minimum Gasteiger partial charge on any atom is -0.301 e. The molecule has 1 unspecified atom stereocenters. The summed E-state index contributed by atoms with van der Waals surface area (Å²) in [6.45, 7) is 6.33. The Morgan fingerprint density at radius 3 is 2.61 bits per heavy atom. The zero-order chi connectivity index (χ0) is 16.1. The Labute approximate surface area is 137 Å². The fourth-order valence-corrected chi connectivity index (χ4v) is 3.54. The van der Waals surface area contributed by atoms with Gasteiger partial charge in [0.25, 0.3) is 5.69 Å². The molecule has 0 amide bonds. The molecular formula is C18H25N3O2. The Kier molecular flexibility index (Phi) is 5.41. The molecule has 1 aliphatic carbocycles. The number of allylic oxidation sites excluding steroid dienone is 2. The van der Waals surface area contributed by atoms with Gasteiger partial charge in [0.2, 0.25) is 0 Å². The molecule has 1 atom stereocenters. The van der Waals surface area contributed by atoms with E-state index in [4.69, 9.17) is 0 Å². The van der Waals surface area contributed by atoms with Crippen molar-refractivity contribution >= 4 is 5.69 Å². The molecule has 3 rings (SSSR count). The first kappa shape index (κ1) is 16.1. The third-order valence-electron chi connectivity index (χ3n) is 4.89. The Balaban J connectivity index is 1.46. The summed E-state index contributed by atoms with van der Waals surface area (Å²) in [5, 5.41) is 10.9. The van der Waals surface area contributed by atoms with E-state index in [1.54, 1.807) is 18.2 Å². The third kappa shape index (κ3) is 4.62. The van der Waals surface area contributed by atoms with Gasteiger partial charge in [0.05, 0.1) is 4.92 Å². The summed E-state index contributed by atoms with van der Waals surface area (Å²) < 4.78 is 0. The molecule has 1 aromatic carbocycles. The zero-order valence-electron chi connectivity index (χ0n) is 13.6. The molecule has 1 fully saturated rings. The lowest BCUT2D eigenvalue weighted by atomic mass is 9.94. The van der Waals surface area contributed by atoms with Gasteiger partial charge in [0.15, 0.2) is 0 Å². The van der Waals surface area contributed by atoms with Crippen molar-refractivity contribution in [3.63, 3.8) is 0 Å². The molecule has 1 saturated heterocycles. The molecule has 0 aromatic heterocycles. The predicted molar refractivity (Wildman–Crippen MR) is 91.3 cm³/mol. The highest BCUT2D eigenvalue weighted by Gasteiger charge is 2.20. The molecule has 1 heterocycles. The maximum Gasteiger partial charge on any atom is 0.269 e. The van der Waals surface area contributed by atoms with Crippen LogP contribution in [0.2, 0.25) is 0 Å². The van der Waals surface area contributed by atoms with Crippen LogP contribution < -0.4 is 0 Å². The van der Waals surface area contributed by atoms with Gasteiger partial charge in [-0.15, -0.1) is 0 Å². The maximum absolute atomic E-state index is 10.9. The summed E-state index contributed by atoms with van der Waals surface area (Å²) in [7, 11) is 0. The van der Waals surface area contributed by atoms with Gasteiger partial charge >= 0.3 is 0 Å². The monoisotopic (exact) mass is 315 g/mol. The normalized spacial score (nSPS) is 23.0. The van der Waals surface area contributed by atoms with Gasteiger partial charge in [-0.05, 0) is 30.7 Å². The molecule has 1 aliphatic heterocycles. The van der Waals surface area contributed by atoms with E-state index in [0.717, 1.165) is 44.2 Å². The summed E-state index contributed by atoms with van der Waals surface area (Å²) in [6, 6.07) is 7.01. The van der Waals surface area contributed by atoms with Crippen LogP contribution in [0.4, 0.5) is 5.69 Å². The van der Waals surface area contributed by atoms with E-state index in [2.05, 4.69) is 22.0 Å². The molecule has 5 nitrogen and oxygen atoms in total. The van der Waals surface area contributed by atoms with Gasteiger partial charge in [0.1, 0.15) is 0 Å². The average molecular weight is 315 g/mol. The second-order valence-corrected chi connectivity index (χ2v) is 6.65. The van der Waals surface area contributed by atoms with Gasteiger partial charge < -0.3 is 4.90 Å². The van der Waals surface area contributed by atoms with Crippen molar-refractivity contribution in [3.8, 4) is 0 Å². The Morgan fingerprint density at radius 2 is 1.91 bits per heavy atom. The van der Waals surface area contributed by atoms with Crippen LogP contribution in [-0.4, -0.2) is 47.4 Å². The number of rotatable bonds is 5. The fraction of sp³-hybridized carbons (Fsp3) is 0.556. The highest BCUT2D eigenvalue weighted by molar-refractivity contribution is 5.34. The molecule has 0 spiro atoms. The number of hydrogen-bond donors (Lipinski definition) is 0. The van der Waals surface area contributed by atoms with Crippen molar-refractivity contribution in [1.82, 2.24) is 9.80 Å². The molecule has 5 heteroatoms. The first-order chi connectivity index (χ1) is 11.2. The van der Waals surface area contributed by atoms with Gasteiger partial charge in [0, 0.05) is 51.4 Å². The SMILES string of the molecule is O=[N+]([O-])c1cccc(CN2CCN(CC3CC=CCC3)CC2)c1. The van der Waals surface area contributed by atoms with Gasteiger partial charge in [-0.3, -0.25) is 15.0 Å². The number of benzene rings is 1. The zero-order valence-corrected chi connectivity index (χ0v) is 13.6. The lowest BCUT2D eigenvalue weighted by Gasteiger charge is -2.36. The van der Waals surface area contributed by atoms with Crippen LogP contribution in [0, 0.1) is 16.0 Å². The number of nitro benzene ring substituents is 1. The number of nitro groups is 1. The molecule has 1 aromatic rings. The van der Waals surface area contributed by atoms with Crippen LogP contribution in [0.15, 0.2) is 36.4 Å². The maximum atomic E-state index is 10.9. The van der Waals surface area contributed by atoms with E-state index in [0.29, 0.717) is 0 Å². The third-order valence-corrected chi connectivity index (χ3v) is 4.89. The van der Waals surface area contributed by atoms with Gasteiger partial charge in [-0.2, -0.15) is 0 Å². The van der Waals surface area contributed by atoms with E-state index in [1.165, 1.54) is 25.8 Å². The molecule has 0 saturated carbocycles. The Morgan fingerprint density at radius 1 is 1.13 bits per heavy atom. The number of non-ortho nitro benzene ring substituents is 1. The number of nitrogens with zero attached hydrogens (tertiary/aromatic N) is 3. The van der Waals surface area contributed by atoms with E-state index < -0.39 is 0 Å². The number of piperazine rings is 1. The standard InChI is InChI=1S/C18H25N3O2/c22-21(23)18-8-4-7-17(13-18)15-20-11-9-19(10-12-20)14-16-5-2-1-3-6-16/h1-2,4,7-8,13,16H,3,5-6,9-12,14-15H2. The number of hydrogen-bond acceptors (Lipinski definition) is 4. The van der Waals surface area contributed by atoms with E-state index >= 15 is 0 Å². The minimum absolute atomic E-state index is 0.187. The van der Waals surface area contributed by atoms with Crippen molar-refractivity contribution in [2.24, 2.45) is 5.92 Å². The average Bonchev–Trinajstić information content (AvgIpc) is 2.58. The first-order valence-electron chi connectivity index (χ1n) is 8.54. The van der Waals surface area contributed by atoms with Crippen LogP contribution in [0.1, 0.15) is 24.8 Å². The van der Waals surface area contributed by atoms with Crippen LogP contribution in [0.25, 0.3) is 0 Å². The minimum atomic E-state index is -0.319. The highest BCUT2D eigenvalue weighted by Crippen LogP contribution is 2.20. The van der Waals surface area contributed by atoms with Gasteiger partial charge in [-0.25, -0.2) is 0 Å². The summed E-state index contributed by atoms with van der Waals surface area (Å²) in [5.41, 5.74) is 1.22. The van der Waals surface area contributed by atoms with Gasteiger partial charge in [-0.1, -0.05) is 24.3 Å². The van der Waals surface area contributed by atoms with Crippen molar-refractivity contribution in [2.45, 2.75) is 25.8 Å². The van der Waals surface area contributed by atoms with Crippen molar-refractivity contribution < 1.29 is 4.92 Å². The predicted octanol–water partition coefficient (Wildman–Crippen LogP) is 3.07. The summed E-state index contributed by atoms with van der Waals surface area (Å²) in [5.74, 6) is 0.823. The smallest absolute Gasteiger partial charge is 0.269 e. The van der Waals surface area contributed by atoms with E-state index in [9.17, 15) is 10.1 Å². The Hall–Kier alpha value is -1.72. The first-order valence-corrected chi connectivity index (χ1v) is 8.54. The van der Waals surface area contributed by atoms with E-state index in [-0.39, 0.29) is 10.6 Å². The van der Waals surface area contributed by atoms with Crippen LogP contribution in [-0.2, 0) is 6.54 Å². The lowest BCUT2D eigenvalue weighted by molar-refractivity contribution is -0.384. The lowest BCUT2D eigenvalue weighted by Crippen LogP contribution is -2.47. The quantitative estimate of drug-likeness (QED) is 0.476. The second-order valence-electron chi connectivity index (χ2n) is 6.65.